The van der Waals surface area contributed by atoms with Crippen molar-refractivity contribution >= 4 is 5.96 Å². The molecule has 126 valence electrons. The molecule has 2 N–H and O–H groups in total. The van der Waals surface area contributed by atoms with Gasteiger partial charge in [-0.3, -0.25) is 4.99 Å². The Kier molecular flexibility index (Phi) is 12.1. The minimum absolute atomic E-state index is 0.0684. The Morgan fingerprint density at radius 2 is 1.81 bits per heavy atom. The third-order valence-electron chi connectivity index (χ3n) is 2.65. The van der Waals surface area contributed by atoms with Gasteiger partial charge in [-0.25, -0.2) is 0 Å². The molecule has 0 fully saturated rings. The van der Waals surface area contributed by atoms with Gasteiger partial charge in [-0.2, -0.15) is 13.2 Å². The van der Waals surface area contributed by atoms with E-state index in [4.69, 9.17) is 0 Å². The minimum Gasteiger partial charge on any atom is -0.372 e. The van der Waals surface area contributed by atoms with E-state index in [0.29, 0.717) is 18.9 Å². The number of hydrogen-bond donors (Lipinski definition) is 2. The lowest BCUT2D eigenvalue weighted by molar-refractivity contribution is -0.173. The lowest BCUT2D eigenvalue weighted by Gasteiger charge is -2.11. The van der Waals surface area contributed by atoms with Crippen molar-refractivity contribution in [2.24, 2.45) is 4.99 Å². The van der Waals surface area contributed by atoms with Crippen molar-refractivity contribution in [3.8, 4) is 0 Å². The molecular formula is C14H28F3N3O. The molecule has 0 aliphatic rings. The molecule has 0 spiro atoms. The second-order valence-electron chi connectivity index (χ2n) is 4.77. The molecule has 0 amide bonds. The molecule has 0 aromatic carbocycles. The second-order valence-corrected chi connectivity index (χ2v) is 4.77. The molecule has 0 aliphatic carbocycles. The number of unbranched alkanes of at least 4 members (excludes halogenated alkanes) is 3. The topological polar surface area (TPSA) is 45.7 Å². The summed E-state index contributed by atoms with van der Waals surface area (Å²) in [5.41, 5.74) is 0. The summed E-state index contributed by atoms with van der Waals surface area (Å²) in [5.74, 6) is 0.713. The molecule has 0 heterocycles. The van der Waals surface area contributed by atoms with Gasteiger partial charge in [0, 0.05) is 26.2 Å². The summed E-state index contributed by atoms with van der Waals surface area (Å²) < 4.78 is 40.1. The van der Waals surface area contributed by atoms with Crippen molar-refractivity contribution in [3.63, 3.8) is 0 Å². The molecule has 0 saturated carbocycles. The fourth-order valence-corrected chi connectivity index (χ4v) is 1.65. The van der Waals surface area contributed by atoms with Gasteiger partial charge in [0.1, 0.15) is 6.61 Å². The van der Waals surface area contributed by atoms with Crippen LogP contribution in [0.15, 0.2) is 4.99 Å². The number of nitrogens with zero attached hydrogens (tertiary/aromatic N) is 1. The van der Waals surface area contributed by atoms with Gasteiger partial charge >= 0.3 is 6.18 Å². The first-order chi connectivity index (χ1) is 9.99. The Bertz CT molecular complexity index is 271. The number of guanidine groups is 1. The zero-order valence-electron chi connectivity index (χ0n) is 13.1. The van der Waals surface area contributed by atoms with E-state index in [0.717, 1.165) is 19.5 Å². The average Bonchev–Trinajstić information content (AvgIpc) is 2.41. The first kappa shape index (κ1) is 20.0. The van der Waals surface area contributed by atoms with Gasteiger partial charge in [-0.1, -0.05) is 26.2 Å². The molecule has 4 nitrogen and oxygen atoms in total. The number of alkyl halides is 3. The fourth-order valence-electron chi connectivity index (χ4n) is 1.65. The zero-order valence-corrected chi connectivity index (χ0v) is 13.1. The molecule has 0 aromatic rings. The lowest BCUT2D eigenvalue weighted by atomic mass is 10.2. The zero-order chi connectivity index (χ0) is 16.0. The predicted molar refractivity (Wildman–Crippen MR) is 79.6 cm³/mol. The van der Waals surface area contributed by atoms with Crippen LogP contribution in [0.2, 0.25) is 0 Å². The van der Waals surface area contributed by atoms with Crippen LogP contribution < -0.4 is 10.6 Å². The molecule has 0 rings (SSSR count). The number of halogens is 3. The van der Waals surface area contributed by atoms with Crippen LogP contribution >= 0.6 is 0 Å². The highest BCUT2D eigenvalue weighted by atomic mass is 19.4. The molecule has 0 saturated heterocycles. The van der Waals surface area contributed by atoms with E-state index in [1.165, 1.54) is 19.3 Å². The Morgan fingerprint density at radius 3 is 2.43 bits per heavy atom. The van der Waals surface area contributed by atoms with Gasteiger partial charge in [-0.15, -0.1) is 0 Å². The van der Waals surface area contributed by atoms with Crippen LogP contribution in [0.1, 0.15) is 46.0 Å². The number of ether oxygens (including phenoxy) is 1. The van der Waals surface area contributed by atoms with Crippen LogP contribution in [0, 0.1) is 0 Å². The fraction of sp³-hybridized carbons (Fsp3) is 0.929. The maximum atomic E-state index is 11.8. The molecule has 0 bridgehead atoms. The third kappa shape index (κ3) is 15.2. The van der Waals surface area contributed by atoms with Crippen LogP contribution in [0.25, 0.3) is 0 Å². The van der Waals surface area contributed by atoms with Crippen LogP contribution in [0.5, 0.6) is 0 Å². The van der Waals surface area contributed by atoms with Crippen molar-refractivity contribution in [1.82, 2.24) is 10.6 Å². The van der Waals surface area contributed by atoms with Gasteiger partial charge < -0.3 is 15.4 Å². The second kappa shape index (κ2) is 12.7. The van der Waals surface area contributed by atoms with E-state index >= 15 is 0 Å². The highest BCUT2D eigenvalue weighted by molar-refractivity contribution is 5.79. The molecule has 21 heavy (non-hydrogen) atoms. The van der Waals surface area contributed by atoms with Gasteiger partial charge in [-0.05, 0) is 19.8 Å². The molecule has 7 heteroatoms. The summed E-state index contributed by atoms with van der Waals surface area (Å²) >= 11 is 0. The highest BCUT2D eigenvalue weighted by Gasteiger charge is 2.27. The first-order valence-electron chi connectivity index (χ1n) is 7.66. The summed E-state index contributed by atoms with van der Waals surface area (Å²) in [6.45, 7) is 5.08. The molecular weight excluding hydrogens is 283 g/mol. The quantitative estimate of drug-likeness (QED) is 0.350. The van der Waals surface area contributed by atoms with Crippen LogP contribution in [-0.4, -0.2) is 45.0 Å². The summed E-state index contributed by atoms with van der Waals surface area (Å²) in [6.07, 6.45) is 0.930. The Balaban J connectivity index is 3.73. The molecule has 0 atom stereocenters. The van der Waals surface area contributed by atoms with Crippen molar-refractivity contribution in [3.05, 3.63) is 0 Å². The number of hydrogen-bond acceptors (Lipinski definition) is 2. The SMILES string of the molecule is CCCCCCNC(=NCCCOCC(F)(F)F)NCC. The van der Waals surface area contributed by atoms with E-state index in [2.05, 4.69) is 27.3 Å². The van der Waals surface area contributed by atoms with Gasteiger partial charge in [0.15, 0.2) is 5.96 Å². The van der Waals surface area contributed by atoms with E-state index in [1.54, 1.807) is 0 Å². The normalized spacial score (nSPS) is 12.5. The maximum Gasteiger partial charge on any atom is 0.411 e. The van der Waals surface area contributed by atoms with Crippen LogP contribution in [0.3, 0.4) is 0 Å². The van der Waals surface area contributed by atoms with Gasteiger partial charge in [0.2, 0.25) is 0 Å². The Hall–Kier alpha value is -0.980. The smallest absolute Gasteiger partial charge is 0.372 e. The Morgan fingerprint density at radius 1 is 1.05 bits per heavy atom. The molecule has 0 unspecified atom stereocenters. The van der Waals surface area contributed by atoms with E-state index in [-0.39, 0.29) is 6.61 Å². The minimum atomic E-state index is -4.25. The lowest BCUT2D eigenvalue weighted by Crippen LogP contribution is -2.37. The summed E-state index contributed by atoms with van der Waals surface area (Å²) in [5, 5.41) is 6.32. The van der Waals surface area contributed by atoms with Crippen LogP contribution in [-0.2, 0) is 4.74 Å². The average molecular weight is 311 g/mol. The highest BCUT2D eigenvalue weighted by Crippen LogP contribution is 2.14. The number of aliphatic imine (C=N–C) groups is 1. The monoisotopic (exact) mass is 311 g/mol. The predicted octanol–water partition coefficient (Wildman–Crippen LogP) is 3.09. The van der Waals surface area contributed by atoms with Crippen LogP contribution in [0.4, 0.5) is 13.2 Å². The summed E-state index contributed by atoms with van der Waals surface area (Å²) in [7, 11) is 0. The maximum absolute atomic E-state index is 11.8. The van der Waals surface area contributed by atoms with Crippen molar-refractivity contribution in [1.29, 1.82) is 0 Å². The van der Waals surface area contributed by atoms with Crippen molar-refractivity contribution in [2.45, 2.75) is 52.1 Å². The summed E-state index contributed by atoms with van der Waals surface area (Å²) in [4.78, 5) is 4.30. The molecule has 0 aliphatic heterocycles. The van der Waals surface area contributed by atoms with Crippen molar-refractivity contribution < 1.29 is 17.9 Å². The Labute approximate surface area is 125 Å². The first-order valence-corrected chi connectivity index (χ1v) is 7.66. The van der Waals surface area contributed by atoms with Gasteiger partial charge in [0.25, 0.3) is 0 Å². The molecule has 0 aromatic heterocycles. The van der Waals surface area contributed by atoms with E-state index in [1.807, 2.05) is 6.92 Å². The number of rotatable bonds is 11. The third-order valence-corrected chi connectivity index (χ3v) is 2.65. The largest absolute Gasteiger partial charge is 0.411 e. The standard InChI is InChI=1S/C14H28F3N3O/c1-3-5-6-7-9-19-13(18-4-2)20-10-8-11-21-12-14(15,16)17/h3-12H2,1-2H3,(H2,18,19,20). The van der Waals surface area contributed by atoms with Crippen molar-refractivity contribution in [2.75, 3.05) is 32.8 Å². The molecule has 0 radical (unpaired) electrons. The number of nitrogens with one attached hydrogen (secondary N) is 2. The van der Waals surface area contributed by atoms with E-state index in [9.17, 15) is 13.2 Å². The van der Waals surface area contributed by atoms with Gasteiger partial charge in [0.05, 0.1) is 0 Å². The van der Waals surface area contributed by atoms with E-state index < -0.39 is 12.8 Å². The summed E-state index contributed by atoms with van der Waals surface area (Å²) in [6, 6.07) is 0.